The fraction of sp³-hybridized carbons (Fsp3) is 0.107. The Morgan fingerprint density at radius 2 is 2.03 bits per heavy atom. The SMILES string of the molecule is C=CCOc1cccc([C@H]2c3c(oc4ccc(C)cc4c3=O)C(=O)N2c2nc3ccc(F)cc3s2)c1. The van der Waals surface area contributed by atoms with E-state index in [1.165, 1.54) is 28.4 Å². The summed E-state index contributed by atoms with van der Waals surface area (Å²) in [6.07, 6.45) is 1.64. The van der Waals surface area contributed by atoms with Crippen LogP contribution in [0.1, 0.15) is 33.3 Å². The highest BCUT2D eigenvalue weighted by Crippen LogP contribution is 2.44. The summed E-state index contributed by atoms with van der Waals surface area (Å²) in [7, 11) is 0. The van der Waals surface area contributed by atoms with E-state index in [9.17, 15) is 14.0 Å². The highest BCUT2D eigenvalue weighted by molar-refractivity contribution is 7.22. The van der Waals surface area contributed by atoms with E-state index in [-0.39, 0.29) is 16.8 Å². The molecule has 178 valence electrons. The third kappa shape index (κ3) is 3.49. The molecular weight excluding hydrogens is 479 g/mol. The molecule has 0 spiro atoms. The van der Waals surface area contributed by atoms with Gasteiger partial charge in [-0.1, -0.05) is 47.8 Å². The van der Waals surface area contributed by atoms with Crippen molar-refractivity contribution in [1.82, 2.24) is 4.98 Å². The van der Waals surface area contributed by atoms with Gasteiger partial charge in [0, 0.05) is 0 Å². The lowest BCUT2D eigenvalue weighted by atomic mass is 9.98. The zero-order valence-corrected chi connectivity index (χ0v) is 20.0. The number of hydrogen-bond donors (Lipinski definition) is 0. The van der Waals surface area contributed by atoms with E-state index in [1.54, 1.807) is 42.5 Å². The molecule has 1 aliphatic rings. The van der Waals surface area contributed by atoms with Gasteiger partial charge >= 0.3 is 0 Å². The van der Waals surface area contributed by atoms with Gasteiger partial charge in [0.1, 0.15) is 23.8 Å². The molecule has 3 aromatic carbocycles. The molecule has 6 rings (SSSR count). The summed E-state index contributed by atoms with van der Waals surface area (Å²) in [5.74, 6) is -0.327. The largest absolute Gasteiger partial charge is 0.490 e. The molecule has 0 bridgehead atoms. The smallest absolute Gasteiger partial charge is 0.297 e. The third-order valence-electron chi connectivity index (χ3n) is 6.11. The normalized spacial score (nSPS) is 15.0. The molecule has 3 heterocycles. The number of ether oxygens (including phenoxy) is 1. The molecule has 0 aliphatic carbocycles. The van der Waals surface area contributed by atoms with Gasteiger partial charge in [-0.05, 0) is 55.0 Å². The number of hydrogen-bond acceptors (Lipinski definition) is 6. The number of benzene rings is 3. The molecule has 0 N–H and O–H groups in total. The highest BCUT2D eigenvalue weighted by Gasteiger charge is 2.45. The molecule has 0 saturated heterocycles. The minimum atomic E-state index is -0.800. The van der Waals surface area contributed by atoms with Gasteiger partial charge in [-0.2, -0.15) is 0 Å². The van der Waals surface area contributed by atoms with Crippen LogP contribution in [0.5, 0.6) is 5.75 Å². The van der Waals surface area contributed by atoms with Crippen molar-refractivity contribution in [3.8, 4) is 5.75 Å². The van der Waals surface area contributed by atoms with Gasteiger partial charge in [-0.3, -0.25) is 14.5 Å². The number of aryl methyl sites for hydroxylation is 1. The second-order valence-electron chi connectivity index (χ2n) is 8.53. The lowest BCUT2D eigenvalue weighted by Gasteiger charge is -2.23. The van der Waals surface area contributed by atoms with Crippen LogP contribution in [0.25, 0.3) is 21.2 Å². The Balaban J connectivity index is 1.60. The van der Waals surface area contributed by atoms with Crippen LogP contribution in [0.4, 0.5) is 9.52 Å². The van der Waals surface area contributed by atoms with Crippen LogP contribution in [0.3, 0.4) is 0 Å². The van der Waals surface area contributed by atoms with Crippen molar-refractivity contribution < 1.29 is 18.3 Å². The molecule has 1 amide bonds. The summed E-state index contributed by atoms with van der Waals surface area (Å²) in [4.78, 5) is 33.6. The molecule has 8 heteroatoms. The van der Waals surface area contributed by atoms with Gasteiger partial charge in [0.25, 0.3) is 5.91 Å². The number of carbonyl (C=O) groups excluding carboxylic acids is 1. The van der Waals surface area contributed by atoms with Crippen LogP contribution in [0.15, 0.2) is 82.5 Å². The lowest BCUT2D eigenvalue weighted by Crippen LogP contribution is -2.29. The second-order valence-corrected chi connectivity index (χ2v) is 9.54. The van der Waals surface area contributed by atoms with Crippen molar-refractivity contribution in [3.63, 3.8) is 0 Å². The predicted molar refractivity (Wildman–Crippen MR) is 138 cm³/mol. The number of rotatable bonds is 5. The molecule has 0 radical (unpaired) electrons. The van der Waals surface area contributed by atoms with Crippen molar-refractivity contribution >= 4 is 43.6 Å². The van der Waals surface area contributed by atoms with Gasteiger partial charge in [0.15, 0.2) is 10.6 Å². The van der Waals surface area contributed by atoms with E-state index in [4.69, 9.17) is 9.15 Å². The Bertz CT molecular complexity index is 1760. The van der Waals surface area contributed by atoms with Gasteiger partial charge < -0.3 is 9.15 Å². The Kier molecular flexibility index (Phi) is 5.19. The minimum Gasteiger partial charge on any atom is -0.490 e. The average Bonchev–Trinajstić information content (AvgIpc) is 3.41. The van der Waals surface area contributed by atoms with Crippen molar-refractivity contribution in [1.29, 1.82) is 0 Å². The first-order valence-electron chi connectivity index (χ1n) is 11.3. The van der Waals surface area contributed by atoms with Gasteiger partial charge in [0.05, 0.1) is 27.2 Å². The number of anilines is 1. The van der Waals surface area contributed by atoms with E-state index >= 15 is 0 Å². The second kappa shape index (κ2) is 8.42. The zero-order valence-electron chi connectivity index (χ0n) is 19.2. The maximum atomic E-state index is 13.9. The van der Waals surface area contributed by atoms with Gasteiger partial charge in [0.2, 0.25) is 5.76 Å². The number of aromatic nitrogens is 1. The van der Waals surface area contributed by atoms with E-state index in [1.807, 2.05) is 19.1 Å². The monoisotopic (exact) mass is 498 g/mol. The summed E-state index contributed by atoms with van der Waals surface area (Å²) in [5.41, 5.74) is 2.42. The Morgan fingerprint density at radius 1 is 1.17 bits per heavy atom. The van der Waals surface area contributed by atoms with Crippen LogP contribution in [0.2, 0.25) is 0 Å². The number of carbonyl (C=O) groups is 1. The van der Waals surface area contributed by atoms with Crippen molar-refractivity contribution in [2.24, 2.45) is 0 Å². The van der Waals surface area contributed by atoms with Crippen LogP contribution >= 0.6 is 11.3 Å². The van der Waals surface area contributed by atoms with E-state index in [0.717, 1.165) is 5.56 Å². The van der Waals surface area contributed by atoms with Crippen LogP contribution in [0, 0.1) is 12.7 Å². The molecule has 1 atom stereocenters. The molecule has 0 saturated carbocycles. The van der Waals surface area contributed by atoms with Crippen LogP contribution in [-0.4, -0.2) is 17.5 Å². The number of amides is 1. The van der Waals surface area contributed by atoms with Gasteiger partial charge in [-0.15, -0.1) is 0 Å². The molecule has 0 unspecified atom stereocenters. The maximum Gasteiger partial charge on any atom is 0.297 e. The first-order chi connectivity index (χ1) is 17.4. The van der Waals surface area contributed by atoms with Crippen LogP contribution < -0.4 is 15.1 Å². The summed E-state index contributed by atoms with van der Waals surface area (Å²) >= 11 is 1.18. The minimum absolute atomic E-state index is 0.0239. The topological polar surface area (TPSA) is 72.6 Å². The first-order valence-corrected chi connectivity index (χ1v) is 12.1. The number of thiazole rings is 1. The first kappa shape index (κ1) is 22.2. The summed E-state index contributed by atoms with van der Waals surface area (Å²) in [6.45, 7) is 5.88. The standard InChI is InChI=1S/C28H19FN2O4S/c1-3-11-34-18-6-4-5-16(13-18)24-23-25(32)19-12-15(2)7-10-21(19)35-26(23)27(33)31(24)28-30-20-9-8-17(29)14-22(20)36-28/h3-10,12-14,24H,1,11H2,2H3/t24-/m0/s1. The Hall–Kier alpha value is -4.30. The molecule has 6 nitrogen and oxygen atoms in total. The maximum absolute atomic E-state index is 13.9. The van der Waals surface area contributed by atoms with Gasteiger partial charge in [-0.25, -0.2) is 9.37 Å². The van der Waals surface area contributed by atoms with E-state index < -0.39 is 17.8 Å². The lowest BCUT2D eigenvalue weighted by molar-refractivity contribution is 0.0971. The molecule has 0 fully saturated rings. The van der Waals surface area contributed by atoms with Crippen LogP contribution in [-0.2, 0) is 0 Å². The number of fused-ring (bicyclic) bond motifs is 3. The summed E-state index contributed by atoms with van der Waals surface area (Å²) in [6, 6.07) is 16.0. The predicted octanol–water partition coefficient (Wildman–Crippen LogP) is 6.16. The summed E-state index contributed by atoms with van der Waals surface area (Å²) in [5, 5.41) is 0.743. The van der Waals surface area contributed by atoms with Crippen molar-refractivity contribution in [3.05, 3.63) is 112 Å². The van der Waals surface area contributed by atoms with E-state index in [2.05, 4.69) is 11.6 Å². The Labute approximate surface area is 208 Å². The molecule has 5 aromatic rings. The average molecular weight is 499 g/mol. The molecule has 36 heavy (non-hydrogen) atoms. The quantitative estimate of drug-likeness (QED) is 0.271. The van der Waals surface area contributed by atoms with Crippen molar-refractivity contribution in [2.45, 2.75) is 13.0 Å². The van der Waals surface area contributed by atoms with Crippen molar-refractivity contribution in [2.75, 3.05) is 11.5 Å². The third-order valence-corrected chi connectivity index (χ3v) is 7.13. The highest BCUT2D eigenvalue weighted by atomic mass is 32.1. The summed E-state index contributed by atoms with van der Waals surface area (Å²) < 4.78 is 26.2. The number of halogens is 1. The van der Waals surface area contributed by atoms with E-state index in [0.29, 0.717) is 44.2 Å². The molecule has 2 aromatic heterocycles. The number of nitrogens with zero attached hydrogens (tertiary/aromatic N) is 2. The molecule has 1 aliphatic heterocycles. The zero-order chi connectivity index (χ0) is 25.0. The fourth-order valence-corrected chi connectivity index (χ4v) is 5.54. The Morgan fingerprint density at radius 3 is 2.86 bits per heavy atom. The molecular formula is C28H19FN2O4S. The fourth-order valence-electron chi connectivity index (χ4n) is 4.52.